The van der Waals surface area contributed by atoms with E-state index in [9.17, 15) is 4.79 Å². The number of para-hydroxylation sites is 1. The molecule has 0 spiro atoms. The van der Waals surface area contributed by atoms with E-state index in [0.717, 1.165) is 59.8 Å². The van der Waals surface area contributed by atoms with Crippen molar-refractivity contribution in [1.29, 1.82) is 0 Å². The molecule has 1 aliphatic heterocycles. The van der Waals surface area contributed by atoms with Crippen molar-refractivity contribution in [3.8, 4) is 11.3 Å². The van der Waals surface area contributed by atoms with Crippen LogP contribution in [0.25, 0.3) is 11.3 Å². The van der Waals surface area contributed by atoms with Gasteiger partial charge >= 0.3 is 0 Å². The maximum Gasteiger partial charge on any atom is 0.227 e. The summed E-state index contributed by atoms with van der Waals surface area (Å²) >= 11 is 0. The minimum absolute atomic E-state index is 0.0273. The maximum absolute atomic E-state index is 12.8. The number of benzene rings is 2. The van der Waals surface area contributed by atoms with Crippen LogP contribution in [0.15, 0.2) is 54.6 Å². The lowest BCUT2D eigenvalue weighted by Crippen LogP contribution is -2.38. The lowest BCUT2D eigenvalue weighted by molar-refractivity contribution is -0.120. The topological polar surface area (TPSA) is 58.1 Å². The number of hydrogen-bond donors (Lipinski definition) is 1. The highest BCUT2D eigenvalue weighted by Gasteiger charge is 2.26. The molecule has 5 nitrogen and oxygen atoms in total. The molecule has 1 N–H and O–H groups in total. The predicted octanol–water partition coefficient (Wildman–Crippen LogP) is 4.92. The molecule has 0 radical (unpaired) electrons. The molecule has 5 heteroatoms. The van der Waals surface area contributed by atoms with Gasteiger partial charge in [-0.2, -0.15) is 0 Å². The number of carbonyl (C=O) groups is 1. The first-order valence-electron chi connectivity index (χ1n) is 10.5. The highest BCUT2D eigenvalue weighted by Crippen LogP contribution is 2.26. The number of anilines is 2. The van der Waals surface area contributed by atoms with E-state index in [1.54, 1.807) is 0 Å². The average Bonchev–Trinajstić information content (AvgIpc) is 2.77. The molecule has 1 amide bonds. The molecular formula is C25H28N4O. The molecule has 154 valence electrons. The van der Waals surface area contributed by atoms with Crippen LogP contribution in [0.4, 0.5) is 11.5 Å². The van der Waals surface area contributed by atoms with E-state index in [2.05, 4.69) is 39.5 Å². The third-order valence-electron chi connectivity index (χ3n) is 5.99. The van der Waals surface area contributed by atoms with Crippen LogP contribution in [-0.2, 0) is 4.79 Å². The monoisotopic (exact) mass is 400 g/mol. The molecule has 0 atom stereocenters. The Bertz CT molecular complexity index is 1020. The Kier molecular flexibility index (Phi) is 5.79. The van der Waals surface area contributed by atoms with Gasteiger partial charge in [0.15, 0.2) is 5.82 Å². The third kappa shape index (κ3) is 4.20. The standard InChI is InChI=1S/C25H28N4O/c1-17-7-4-5-10-21(17)22-11-12-23(28-27-22)29-15-13-20(14-16-29)25(30)26-24-18(2)8-6-9-19(24)3/h4-12,20H,13-16H2,1-3H3,(H,26,30). The molecule has 4 rings (SSSR count). The van der Waals surface area contributed by atoms with Crippen LogP contribution in [0, 0.1) is 26.7 Å². The van der Waals surface area contributed by atoms with Crippen LogP contribution in [-0.4, -0.2) is 29.2 Å². The van der Waals surface area contributed by atoms with Gasteiger partial charge in [-0.25, -0.2) is 0 Å². The number of carbonyl (C=O) groups excluding carboxylic acids is 1. The van der Waals surface area contributed by atoms with Gasteiger partial charge in [0, 0.05) is 30.3 Å². The molecule has 3 aromatic rings. The van der Waals surface area contributed by atoms with Gasteiger partial charge in [0.25, 0.3) is 0 Å². The Morgan fingerprint density at radius 3 is 2.17 bits per heavy atom. The van der Waals surface area contributed by atoms with E-state index in [4.69, 9.17) is 0 Å². The van der Waals surface area contributed by atoms with Crippen LogP contribution >= 0.6 is 0 Å². The van der Waals surface area contributed by atoms with Crippen molar-refractivity contribution in [2.75, 3.05) is 23.3 Å². The summed E-state index contributed by atoms with van der Waals surface area (Å²) in [4.78, 5) is 15.0. The zero-order chi connectivity index (χ0) is 21.1. The fraction of sp³-hybridized carbons (Fsp3) is 0.320. The van der Waals surface area contributed by atoms with Gasteiger partial charge in [-0.3, -0.25) is 4.79 Å². The fourth-order valence-corrected chi connectivity index (χ4v) is 4.11. The molecule has 1 saturated heterocycles. The Balaban J connectivity index is 1.37. The van der Waals surface area contributed by atoms with Crippen LogP contribution in [0.1, 0.15) is 29.5 Å². The molecule has 0 saturated carbocycles. The molecule has 0 unspecified atom stereocenters. The Labute approximate surface area is 178 Å². The first kappa shape index (κ1) is 20.1. The zero-order valence-corrected chi connectivity index (χ0v) is 17.9. The first-order chi connectivity index (χ1) is 14.5. The minimum atomic E-state index is 0.0273. The Morgan fingerprint density at radius 1 is 0.867 bits per heavy atom. The Morgan fingerprint density at radius 2 is 1.53 bits per heavy atom. The summed E-state index contributed by atoms with van der Waals surface area (Å²) in [6.07, 6.45) is 1.63. The van der Waals surface area contributed by atoms with Crippen molar-refractivity contribution in [3.63, 3.8) is 0 Å². The van der Waals surface area contributed by atoms with Gasteiger partial charge in [-0.05, 0) is 62.4 Å². The Hall–Kier alpha value is -3.21. The van der Waals surface area contributed by atoms with Gasteiger partial charge in [-0.15, -0.1) is 10.2 Å². The van der Waals surface area contributed by atoms with Gasteiger partial charge < -0.3 is 10.2 Å². The third-order valence-corrected chi connectivity index (χ3v) is 5.99. The summed E-state index contributed by atoms with van der Waals surface area (Å²) in [5.41, 5.74) is 6.34. The molecule has 0 bridgehead atoms. The first-order valence-corrected chi connectivity index (χ1v) is 10.5. The van der Waals surface area contributed by atoms with E-state index >= 15 is 0 Å². The summed E-state index contributed by atoms with van der Waals surface area (Å²) in [5.74, 6) is 1.02. The summed E-state index contributed by atoms with van der Waals surface area (Å²) in [6.45, 7) is 7.76. The summed E-state index contributed by atoms with van der Waals surface area (Å²) in [5, 5.41) is 12.0. The highest BCUT2D eigenvalue weighted by molar-refractivity contribution is 5.94. The van der Waals surface area contributed by atoms with E-state index in [0.29, 0.717) is 0 Å². The number of nitrogens with zero attached hydrogens (tertiary/aromatic N) is 3. The predicted molar refractivity (Wildman–Crippen MR) is 122 cm³/mol. The number of aryl methyl sites for hydroxylation is 3. The van der Waals surface area contributed by atoms with Crippen LogP contribution < -0.4 is 10.2 Å². The summed E-state index contributed by atoms with van der Waals surface area (Å²) < 4.78 is 0. The number of piperidine rings is 1. The van der Waals surface area contributed by atoms with Crippen LogP contribution in [0.3, 0.4) is 0 Å². The van der Waals surface area contributed by atoms with Gasteiger partial charge in [0.1, 0.15) is 0 Å². The van der Waals surface area contributed by atoms with Crippen LogP contribution in [0.5, 0.6) is 0 Å². The lowest BCUT2D eigenvalue weighted by Gasteiger charge is -2.32. The number of nitrogens with one attached hydrogen (secondary N) is 1. The maximum atomic E-state index is 12.8. The van der Waals surface area contributed by atoms with Crippen molar-refractivity contribution >= 4 is 17.4 Å². The largest absolute Gasteiger partial charge is 0.355 e. The van der Waals surface area contributed by atoms with E-state index in [1.165, 1.54) is 5.56 Å². The van der Waals surface area contributed by atoms with Gasteiger partial charge in [0.2, 0.25) is 5.91 Å². The van der Waals surface area contributed by atoms with Crippen LogP contribution in [0.2, 0.25) is 0 Å². The molecule has 2 heterocycles. The quantitative estimate of drug-likeness (QED) is 0.675. The summed E-state index contributed by atoms with van der Waals surface area (Å²) in [6, 6.07) is 18.3. The molecule has 0 aliphatic carbocycles. The number of aromatic nitrogens is 2. The SMILES string of the molecule is Cc1ccccc1-c1ccc(N2CCC(C(=O)Nc3c(C)cccc3C)CC2)nn1. The molecule has 30 heavy (non-hydrogen) atoms. The van der Waals surface area contributed by atoms with Gasteiger partial charge in [-0.1, -0.05) is 42.5 Å². The average molecular weight is 401 g/mol. The molecule has 1 aromatic heterocycles. The number of hydrogen-bond acceptors (Lipinski definition) is 4. The minimum Gasteiger partial charge on any atom is -0.355 e. The number of rotatable bonds is 4. The fourth-order valence-electron chi connectivity index (χ4n) is 4.11. The lowest BCUT2D eigenvalue weighted by atomic mass is 9.95. The molecule has 1 fully saturated rings. The van der Waals surface area contributed by atoms with E-state index in [1.807, 2.05) is 56.3 Å². The summed E-state index contributed by atoms with van der Waals surface area (Å²) in [7, 11) is 0. The van der Waals surface area contributed by atoms with Gasteiger partial charge in [0.05, 0.1) is 5.69 Å². The van der Waals surface area contributed by atoms with E-state index in [-0.39, 0.29) is 11.8 Å². The second-order valence-corrected chi connectivity index (χ2v) is 8.11. The molecule has 2 aromatic carbocycles. The second kappa shape index (κ2) is 8.66. The zero-order valence-electron chi connectivity index (χ0n) is 17.9. The van der Waals surface area contributed by atoms with Crippen molar-refractivity contribution in [3.05, 3.63) is 71.3 Å². The van der Waals surface area contributed by atoms with Crippen molar-refractivity contribution < 1.29 is 4.79 Å². The smallest absolute Gasteiger partial charge is 0.227 e. The normalized spacial score (nSPS) is 14.6. The van der Waals surface area contributed by atoms with E-state index < -0.39 is 0 Å². The van der Waals surface area contributed by atoms with Crippen molar-refractivity contribution in [2.24, 2.45) is 5.92 Å². The van der Waals surface area contributed by atoms with Crippen molar-refractivity contribution in [2.45, 2.75) is 33.6 Å². The second-order valence-electron chi connectivity index (χ2n) is 8.11. The highest BCUT2D eigenvalue weighted by atomic mass is 16.1. The molecule has 1 aliphatic rings. The number of amides is 1. The van der Waals surface area contributed by atoms with Crippen molar-refractivity contribution in [1.82, 2.24) is 10.2 Å². The molecular weight excluding hydrogens is 372 g/mol.